The van der Waals surface area contributed by atoms with E-state index in [0.29, 0.717) is 19.1 Å². The highest BCUT2D eigenvalue weighted by atomic mass is 16.7. The summed E-state index contributed by atoms with van der Waals surface area (Å²) >= 11 is 0. The van der Waals surface area contributed by atoms with E-state index >= 15 is 0 Å². The van der Waals surface area contributed by atoms with Crippen LogP contribution in [0.15, 0.2) is 97.2 Å². The minimum absolute atomic E-state index is 0.138. The molecule has 1 atom stereocenters. The van der Waals surface area contributed by atoms with E-state index in [-0.39, 0.29) is 12.2 Å². The molecule has 37 heavy (non-hydrogen) atoms. The monoisotopic (exact) mass is 491 g/mol. The second kappa shape index (κ2) is 12.9. The molecule has 0 amide bonds. The second-order valence-electron chi connectivity index (χ2n) is 9.77. The predicted molar refractivity (Wildman–Crippen MR) is 151 cm³/mol. The third kappa shape index (κ3) is 6.41. The maximum absolute atomic E-state index is 5.88. The third-order valence-corrected chi connectivity index (χ3v) is 7.36. The van der Waals surface area contributed by atoms with Crippen LogP contribution in [0.1, 0.15) is 43.2 Å². The molecule has 1 unspecified atom stereocenters. The molecule has 1 saturated heterocycles. The van der Waals surface area contributed by atoms with E-state index < -0.39 is 0 Å². The molecule has 1 radical (unpaired) electrons. The van der Waals surface area contributed by atoms with Crippen molar-refractivity contribution in [3.63, 3.8) is 0 Å². The Labute approximate surface area is 221 Å². The van der Waals surface area contributed by atoms with Crippen LogP contribution in [0.2, 0.25) is 6.32 Å². The topological polar surface area (TPSA) is 36.3 Å². The highest BCUT2D eigenvalue weighted by Crippen LogP contribution is 2.30. The quantitative estimate of drug-likeness (QED) is 0.172. The Morgan fingerprint density at radius 1 is 0.865 bits per heavy atom. The average Bonchev–Trinajstić information content (AvgIpc) is 3.64. The van der Waals surface area contributed by atoms with Crippen LogP contribution < -0.4 is 5.72 Å². The molecule has 5 heteroatoms. The Kier molecular flexibility index (Phi) is 8.89. The molecular weight excluding hydrogens is 455 g/mol. The third-order valence-electron chi connectivity index (χ3n) is 7.36. The van der Waals surface area contributed by atoms with E-state index in [1.54, 1.807) is 0 Å². The van der Waals surface area contributed by atoms with Gasteiger partial charge in [-0.25, -0.2) is 0 Å². The van der Waals surface area contributed by atoms with Gasteiger partial charge >= 0.3 is 0 Å². The lowest BCUT2D eigenvalue weighted by atomic mass is 9.70. The zero-order valence-corrected chi connectivity index (χ0v) is 21.7. The molecule has 1 fully saturated rings. The number of hydrogen-bond acceptors (Lipinski definition) is 3. The number of aromatic nitrogens is 2. The molecule has 0 N–H and O–H groups in total. The number of benzene rings is 3. The van der Waals surface area contributed by atoms with Gasteiger partial charge in [0.05, 0.1) is 30.8 Å². The van der Waals surface area contributed by atoms with Gasteiger partial charge in [0.25, 0.3) is 0 Å². The molecule has 1 aliphatic rings. The zero-order valence-electron chi connectivity index (χ0n) is 21.7. The van der Waals surface area contributed by atoms with E-state index in [1.165, 1.54) is 16.7 Å². The largest absolute Gasteiger partial charge is 0.350 e. The van der Waals surface area contributed by atoms with Crippen LogP contribution in [0.5, 0.6) is 0 Å². The molecule has 0 bridgehead atoms. The van der Waals surface area contributed by atoms with Gasteiger partial charge in [0.15, 0.2) is 6.29 Å². The van der Waals surface area contributed by atoms with E-state index in [0.717, 1.165) is 43.5 Å². The molecule has 5 rings (SSSR count). The van der Waals surface area contributed by atoms with Crippen molar-refractivity contribution in [3.05, 3.63) is 108 Å². The summed E-state index contributed by atoms with van der Waals surface area (Å²) in [6.07, 6.45) is 6.04. The summed E-state index contributed by atoms with van der Waals surface area (Å²) in [5, 5.41) is 0. The molecule has 0 aliphatic carbocycles. The highest BCUT2D eigenvalue weighted by molar-refractivity contribution is 6.51. The minimum Gasteiger partial charge on any atom is -0.350 e. The second-order valence-corrected chi connectivity index (χ2v) is 9.77. The SMILES string of the molecule is CCC(Cn1c(-c2ccccc2)cnc1[B]CCCC(c1ccccc1)c1ccccc1)C1OCCO1. The molecule has 189 valence electrons. The van der Waals surface area contributed by atoms with Gasteiger partial charge in [-0.15, -0.1) is 0 Å². The number of nitrogens with zero attached hydrogens (tertiary/aromatic N) is 2. The number of ether oxygens (including phenoxy) is 2. The van der Waals surface area contributed by atoms with Crippen molar-refractivity contribution in [2.24, 2.45) is 5.92 Å². The van der Waals surface area contributed by atoms with Crippen molar-refractivity contribution < 1.29 is 9.47 Å². The standard InChI is InChI=1S/C32H36BN2O2/c1-2-25(31-36-21-22-37-31)24-35-30(28-17-10-5-11-18-28)23-34-32(35)33-20-12-19-29(26-13-6-3-7-14-26)27-15-8-4-9-16-27/h3-11,13-18,23,25,29,31H,2,12,19-22,24H2,1H3. The molecule has 0 saturated carbocycles. The van der Waals surface area contributed by atoms with Crippen LogP contribution in [0.4, 0.5) is 0 Å². The Balaban J connectivity index is 1.30. The fourth-order valence-electron chi connectivity index (χ4n) is 5.32. The first-order chi connectivity index (χ1) is 18.3. The molecule has 4 aromatic rings. The summed E-state index contributed by atoms with van der Waals surface area (Å²) in [5.41, 5.74) is 6.12. The van der Waals surface area contributed by atoms with Crippen molar-refractivity contribution in [1.29, 1.82) is 0 Å². The van der Waals surface area contributed by atoms with Gasteiger partial charge in [0.2, 0.25) is 7.28 Å². The molecule has 4 nitrogen and oxygen atoms in total. The first-order valence-electron chi connectivity index (χ1n) is 13.6. The van der Waals surface area contributed by atoms with Gasteiger partial charge in [-0.3, -0.25) is 4.98 Å². The Bertz CT molecular complexity index is 1170. The smallest absolute Gasteiger partial charge is 0.201 e. The summed E-state index contributed by atoms with van der Waals surface area (Å²) in [7, 11) is 2.31. The first-order valence-corrected chi connectivity index (χ1v) is 13.6. The van der Waals surface area contributed by atoms with Gasteiger partial charge in [-0.1, -0.05) is 111 Å². The van der Waals surface area contributed by atoms with Crippen LogP contribution in [0, 0.1) is 5.92 Å². The summed E-state index contributed by atoms with van der Waals surface area (Å²) in [6.45, 7) is 4.40. The lowest BCUT2D eigenvalue weighted by molar-refractivity contribution is -0.0881. The van der Waals surface area contributed by atoms with Crippen molar-refractivity contribution >= 4 is 13.0 Å². The van der Waals surface area contributed by atoms with Crippen LogP contribution >= 0.6 is 0 Å². The van der Waals surface area contributed by atoms with Crippen LogP contribution in [0.3, 0.4) is 0 Å². The Hall–Kier alpha value is -3.15. The molecule has 0 spiro atoms. The van der Waals surface area contributed by atoms with Crippen molar-refractivity contribution in [1.82, 2.24) is 9.55 Å². The van der Waals surface area contributed by atoms with Crippen LogP contribution in [-0.4, -0.2) is 36.3 Å². The van der Waals surface area contributed by atoms with Crippen molar-refractivity contribution in [2.45, 2.75) is 51.3 Å². The molecular formula is C32H36BN2O2. The first kappa shape index (κ1) is 25.5. The van der Waals surface area contributed by atoms with Gasteiger partial charge in [-0.05, 0) is 29.5 Å². The van der Waals surface area contributed by atoms with Gasteiger partial charge in [-0.2, -0.15) is 0 Å². The van der Waals surface area contributed by atoms with Gasteiger partial charge in [0, 0.05) is 18.4 Å². The summed E-state index contributed by atoms with van der Waals surface area (Å²) in [6, 6.07) is 32.3. The van der Waals surface area contributed by atoms with Gasteiger partial charge < -0.3 is 14.0 Å². The Morgan fingerprint density at radius 3 is 2.05 bits per heavy atom. The fraction of sp³-hybridized carbons (Fsp3) is 0.344. The summed E-state index contributed by atoms with van der Waals surface area (Å²) in [4.78, 5) is 4.87. The van der Waals surface area contributed by atoms with E-state index in [9.17, 15) is 0 Å². The molecule has 2 heterocycles. The normalized spacial score (nSPS) is 14.8. The number of imidazole rings is 1. The maximum atomic E-state index is 5.88. The van der Waals surface area contributed by atoms with E-state index in [4.69, 9.17) is 14.5 Å². The lowest BCUT2D eigenvalue weighted by Crippen LogP contribution is -2.33. The summed E-state index contributed by atoms with van der Waals surface area (Å²) < 4.78 is 14.1. The minimum atomic E-state index is -0.138. The highest BCUT2D eigenvalue weighted by Gasteiger charge is 2.27. The van der Waals surface area contributed by atoms with Crippen molar-refractivity contribution in [3.8, 4) is 11.3 Å². The molecule has 1 aliphatic heterocycles. The zero-order chi connectivity index (χ0) is 25.3. The van der Waals surface area contributed by atoms with E-state index in [1.807, 2.05) is 6.20 Å². The Morgan fingerprint density at radius 2 is 1.46 bits per heavy atom. The van der Waals surface area contributed by atoms with Crippen LogP contribution in [0.25, 0.3) is 11.3 Å². The average molecular weight is 491 g/mol. The van der Waals surface area contributed by atoms with Gasteiger partial charge in [0.1, 0.15) is 0 Å². The van der Waals surface area contributed by atoms with Crippen LogP contribution in [-0.2, 0) is 16.0 Å². The van der Waals surface area contributed by atoms with E-state index in [2.05, 4.69) is 110 Å². The molecule has 1 aromatic heterocycles. The fourth-order valence-corrected chi connectivity index (χ4v) is 5.32. The van der Waals surface area contributed by atoms with Crippen molar-refractivity contribution in [2.75, 3.05) is 13.2 Å². The predicted octanol–water partition coefficient (Wildman–Crippen LogP) is 6.31. The lowest BCUT2D eigenvalue weighted by Gasteiger charge is -2.24. The number of hydrogen-bond donors (Lipinski definition) is 0. The number of rotatable bonds is 12. The summed E-state index contributed by atoms with van der Waals surface area (Å²) in [5.74, 6) is 0.684. The molecule has 3 aromatic carbocycles. The maximum Gasteiger partial charge on any atom is 0.201 e.